The second-order valence-electron chi connectivity index (χ2n) is 2.66. The van der Waals surface area contributed by atoms with Crippen molar-refractivity contribution in [3.63, 3.8) is 0 Å². The first-order chi connectivity index (χ1) is 4.77. The maximum absolute atomic E-state index is 11.2. The van der Waals surface area contributed by atoms with E-state index in [1.807, 2.05) is 0 Å². The minimum Gasteiger partial charge on any atom is -0.422 e. The van der Waals surface area contributed by atoms with Crippen molar-refractivity contribution in [2.24, 2.45) is 0 Å². The van der Waals surface area contributed by atoms with Gasteiger partial charge in [0.25, 0.3) is 0 Å². The van der Waals surface area contributed by atoms with Gasteiger partial charge in [-0.25, -0.2) is 4.79 Å². The molecule has 0 aromatic rings. The Morgan fingerprint density at radius 3 is 2.30 bits per heavy atom. The summed E-state index contributed by atoms with van der Waals surface area (Å²) in [4.78, 5) is 9.73. The van der Waals surface area contributed by atoms with Crippen molar-refractivity contribution < 1.29 is 14.6 Å². The van der Waals surface area contributed by atoms with Gasteiger partial charge < -0.3 is 4.74 Å². The van der Waals surface area contributed by atoms with Gasteiger partial charge >= 0.3 is 6.47 Å². The van der Waals surface area contributed by atoms with Crippen LogP contribution in [-0.2, 0) is 14.6 Å². The third-order valence-electron chi connectivity index (χ3n) is 1.84. The molecular weight excluding hydrogens is 132 g/mol. The first kappa shape index (κ1) is 7.54. The normalized spacial score (nSPS) is 23.7. The molecule has 0 unspecified atom stereocenters. The fraction of sp³-hybridized carbons (Fsp3) is 0.857. The topological polar surface area (TPSA) is 46.2 Å². The van der Waals surface area contributed by atoms with Gasteiger partial charge in [-0.15, -0.1) is 0 Å². The molecule has 10 heavy (non-hydrogen) atoms. The third-order valence-corrected chi connectivity index (χ3v) is 1.84. The molecule has 0 bridgehead atoms. The van der Waals surface area contributed by atoms with Crippen LogP contribution in [0.3, 0.4) is 0 Å². The minimum atomic E-state index is -1.44. The predicted molar refractivity (Wildman–Crippen MR) is 33.3 cm³/mol. The van der Waals surface area contributed by atoms with E-state index >= 15 is 0 Å². The second kappa shape index (κ2) is 3.01. The molecule has 1 fully saturated rings. The molecule has 1 aliphatic rings. The molecule has 56 valence electrons. The first-order valence-corrected chi connectivity index (χ1v) is 3.52. The van der Waals surface area contributed by atoms with Gasteiger partial charge in [0.15, 0.2) is 0 Å². The third kappa shape index (κ3) is 1.70. The van der Waals surface area contributed by atoms with Crippen LogP contribution in [0.15, 0.2) is 0 Å². The van der Waals surface area contributed by atoms with Crippen LogP contribution in [0.1, 0.15) is 32.1 Å². The number of hydrogen-bond acceptors (Lipinski definition) is 2. The standard InChI is InChI=1S/C7H10O3/c8-6-10-7(9)4-2-1-3-5-7/h1-5H2. The van der Waals surface area contributed by atoms with Crippen molar-refractivity contribution in [3.8, 4) is 0 Å². The second-order valence-corrected chi connectivity index (χ2v) is 2.66. The molecule has 3 heteroatoms. The molecular formula is C7H10O3. The van der Waals surface area contributed by atoms with E-state index in [9.17, 15) is 9.90 Å². The van der Waals surface area contributed by atoms with Crippen molar-refractivity contribution in [1.82, 2.24) is 0 Å². The SMILES string of the molecule is [O]C1(O[C]=O)CCCCC1. The van der Waals surface area contributed by atoms with Gasteiger partial charge in [-0.1, -0.05) is 6.42 Å². The summed E-state index contributed by atoms with van der Waals surface area (Å²) in [5.41, 5.74) is 0. The van der Waals surface area contributed by atoms with Gasteiger partial charge in [0.05, 0.1) is 0 Å². The van der Waals surface area contributed by atoms with E-state index < -0.39 is 5.79 Å². The van der Waals surface area contributed by atoms with Gasteiger partial charge in [-0.3, -0.25) is 0 Å². The van der Waals surface area contributed by atoms with Crippen LogP contribution in [0, 0.1) is 0 Å². The van der Waals surface area contributed by atoms with E-state index in [0.29, 0.717) is 12.8 Å². The van der Waals surface area contributed by atoms with Crippen molar-refractivity contribution in [2.45, 2.75) is 37.9 Å². The lowest BCUT2D eigenvalue weighted by Crippen LogP contribution is -2.32. The quantitative estimate of drug-likeness (QED) is 0.543. The van der Waals surface area contributed by atoms with Crippen molar-refractivity contribution in [3.05, 3.63) is 0 Å². The number of hydrogen-bond donors (Lipinski definition) is 0. The average molecular weight is 142 g/mol. The Kier molecular flexibility index (Phi) is 2.27. The number of rotatable bonds is 2. The van der Waals surface area contributed by atoms with Gasteiger partial charge in [-0.2, -0.15) is 5.11 Å². The smallest absolute Gasteiger partial charge is 0.420 e. The predicted octanol–water partition coefficient (Wildman–Crippen LogP) is 1.16. The molecule has 1 aliphatic carbocycles. The largest absolute Gasteiger partial charge is 0.422 e. The van der Waals surface area contributed by atoms with Crippen LogP contribution >= 0.6 is 0 Å². The fourth-order valence-corrected chi connectivity index (χ4v) is 1.27. The Bertz CT molecular complexity index is 116. The van der Waals surface area contributed by atoms with Crippen LogP contribution in [0.5, 0.6) is 0 Å². The molecule has 2 radical (unpaired) electrons. The van der Waals surface area contributed by atoms with E-state index in [1.54, 1.807) is 0 Å². The molecule has 1 saturated carbocycles. The maximum Gasteiger partial charge on any atom is 0.420 e. The Labute approximate surface area is 60.0 Å². The van der Waals surface area contributed by atoms with Crippen molar-refractivity contribution in [1.29, 1.82) is 0 Å². The summed E-state index contributed by atoms with van der Waals surface area (Å²) in [5.74, 6) is -1.44. The first-order valence-electron chi connectivity index (χ1n) is 3.52. The number of ether oxygens (including phenoxy) is 1. The van der Waals surface area contributed by atoms with E-state index in [2.05, 4.69) is 4.74 Å². The minimum absolute atomic E-state index is 0.447. The van der Waals surface area contributed by atoms with E-state index in [1.165, 1.54) is 6.47 Å². The van der Waals surface area contributed by atoms with Gasteiger partial charge in [-0.05, 0) is 12.8 Å². The van der Waals surface area contributed by atoms with Crippen molar-refractivity contribution in [2.75, 3.05) is 0 Å². The summed E-state index contributed by atoms with van der Waals surface area (Å²) >= 11 is 0. The maximum atomic E-state index is 11.2. The van der Waals surface area contributed by atoms with Crippen LogP contribution < -0.4 is 0 Å². The molecule has 0 atom stereocenters. The van der Waals surface area contributed by atoms with E-state index in [0.717, 1.165) is 19.3 Å². The molecule has 0 saturated heterocycles. The zero-order valence-corrected chi connectivity index (χ0v) is 5.76. The summed E-state index contributed by atoms with van der Waals surface area (Å²) in [7, 11) is 0. The molecule has 0 spiro atoms. The van der Waals surface area contributed by atoms with Crippen molar-refractivity contribution >= 4 is 6.47 Å². The Morgan fingerprint density at radius 2 is 1.80 bits per heavy atom. The van der Waals surface area contributed by atoms with Gasteiger partial charge in [0, 0.05) is 12.8 Å². The lowest BCUT2D eigenvalue weighted by Gasteiger charge is -2.26. The molecule has 0 aromatic carbocycles. The molecule has 0 amide bonds. The van der Waals surface area contributed by atoms with Gasteiger partial charge in [0.2, 0.25) is 5.79 Å². The lowest BCUT2D eigenvalue weighted by molar-refractivity contribution is -0.210. The lowest BCUT2D eigenvalue weighted by atomic mass is 9.94. The van der Waals surface area contributed by atoms with E-state index in [4.69, 9.17) is 0 Å². The Morgan fingerprint density at radius 1 is 1.20 bits per heavy atom. The molecule has 0 N–H and O–H groups in total. The molecule has 0 heterocycles. The summed E-state index contributed by atoms with van der Waals surface area (Å²) in [6.45, 7) is 1.22. The highest BCUT2D eigenvalue weighted by atomic mass is 16.6. The highest BCUT2D eigenvalue weighted by Gasteiger charge is 2.33. The Hall–Kier alpha value is -0.570. The molecule has 0 aliphatic heterocycles. The summed E-state index contributed by atoms with van der Waals surface area (Å²) in [5, 5.41) is 11.2. The van der Waals surface area contributed by atoms with Crippen LogP contribution in [0.2, 0.25) is 0 Å². The van der Waals surface area contributed by atoms with Crippen LogP contribution in [-0.4, -0.2) is 12.3 Å². The summed E-state index contributed by atoms with van der Waals surface area (Å²) in [6.07, 6.45) is 3.70. The zero-order chi connectivity index (χ0) is 7.45. The highest BCUT2D eigenvalue weighted by molar-refractivity contribution is 5.39. The van der Waals surface area contributed by atoms with Gasteiger partial charge in [0.1, 0.15) is 0 Å². The molecule has 1 rings (SSSR count). The monoisotopic (exact) mass is 142 g/mol. The summed E-state index contributed by atoms with van der Waals surface area (Å²) < 4.78 is 4.31. The number of carbonyl (C=O) groups excluding carboxylic acids is 1. The highest BCUT2D eigenvalue weighted by Crippen LogP contribution is 2.28. The fourth-order valence-electron chi connectivity index (χ4n) is 1.27. The average Bonchev–Trinajstić information content (AvgIpc) is 1.89. The van der Waals surface area contributed by atoms with Crippen LogP contribution in [0.4, 0.5) is 0 Å². The summed E-state index contributed by atoms with van der Waals surface area (Å²) in [6, 6.07) is 0. The molecule has 3 nitrogen and oxygen atoms in total. The zero-order valence-electron chi connectivity index (χ0n) is 5.76. The van der Waals surface area contributed by atoms with Crippen LogP contribution in [0.25, 0.3) is 0 Å². The molecule has 0 aromatic heterocycles. The van der Waals surface area contributed by atoms with E-state index in [-0.39, 0.29) is 0 Å². The Balaban J connectivity index is 2.39.